The lowest BCUT2D eigenvalue weighted by atomic mass is 9.96. The number of sulfonamides is 1. The molecule has 0 aliphatic carbocycles. The Kier molecular flexibility index (Phi) is 7.20. The van der Waals surface area contributed by atoms with Gasteiger partial charge in [-0.25, -0.2) is 17.6 Å². The molecule has 0 saturated heterocycles. The number of pyridine rings is 2. The van der Waals surface area contributed by atoms with Crippen LogP contribution in [-0.4, -0.2) is 43.9 Å². The number of benzene rings is 3. The summed E-state index contributed by atoms with van der Waals surface area (Å²) in [6.45, 7) is 0. The standard InChI is InChI=1S/C27H23N3O5S2/c1-30(2)37(31,32)21-10-6-19(7-11-21)23-15-17-29-27-25(23)13-12-24-22(14-16-28-26(24)27)18-4-8-20(9-5-18)36-35-34-33-3/h4-17H,1-3H3. The molecule has 5 rings (SSSR count). The molecule has 0 bridgehead atoms. The van der Waals surface area contributed by atoms with Crippen molar-refractivity contribution in [3.63, 3.8) is 0 Å². The summed E-state index contributed by atoms with van der Waals surface area (Å²) in [5, 5.41) is 6.35. The first-order valence-corrected chi connectivity index (χ1v) is 13.4. The maximum atomic E-state index is 12.5. The normalized spacial score (nSPS) is 12.0. The predicted octanol–water partition coefficient (Wildman–Crippen LogP) is 5.88. The lowest BCUT2D eigenvalue weighted by Crippen LogP contribution is -2.22. The number of nitrogens with zero attached hydrogens (tertiary/aromatic N) is 3. The second-order valence-corrected chi connectivity index (χ2v) is 11.2. The van der Waals surface area contributed by atoms with Gasteiger partial charge in [-0.15, -0.1) is 4.33 Å². The van der Waals surface area contributed by atoms with Gasteiger partial charge in [0, 0.05) is 42.2 Å². The van der Waals surface area contributed by atoms with Crippen molar-refractivity contribution in [1.29, 1.82) is 0 Å². The summed E-state index contributed by atoms with van der Waals surface area (Å²) in [5.41, 5.74) is 5.47. The molecule has 2 heterocycles. The van der Waals surface area contributed by atoms with E-state index in [4.69, 9.17) is 4.33 Å². The molecular formula is C27H23N3O5S2. The Morgan fingerprint density at radius 1 is 0.730 bits per heavy atom. The Bertz CT molecular complexity index is 1670. The van der Waals surface area contributed by atoms with Crippen molar-refractivity contribution in [2.24, 2.45) is 0 Å². The van der Waals surface area contributed by atoms with Gasteiger partial charge in [0.1, 0.15) is 0 Å². The van der Waals surface area contributed by atoms with E-state index < -0.39 is 10.0 Å². The van der Waals surface area contributed by atoms with Crippen molar-refractivity contribution >= 4 is 43.9 Å². The fraction of sp³-hybridized carbons (Fsp3) is 0.111. The summed E-state index contributed by atoms with van der Waals surface area (Å²) in [6.07, 6.45) is 3.54. The van der Waals surface area contributed by atoms with Gasteiger partial charge in [-0.1, -0.05) is 41.4 Å². The molecule has 5 aromatic rings. The molecule has 10 heteroatoms. The average Bonchev–Trinajstić information content (AvgIpc) is 2.93. The summed E-state index contributed by atoms with van der Waals surface area (Å²) in [6, 6.07) is 22.8. The first-order chi connectivity index (χ1) is 17.9. The maximum Gasteiger partial charge on any atom is 0.242 e. The van der Waals surface area contributed by atoms with E-state index in [0.29, 0.717) is 0 Å². The highest BCUT2D eigenvalue weighted by atomic mass is 32.2. The Labute approximate surface area is 218 Å². The SMILES string of the molecule is COOOSc1ccc(-c2ccnc3c2ccc2c(-c4ccc(S(=O)(=O)N(C)C)cc4)ccnc23)cc1. The van der Waals surface area contributed by atoms with Crippen LogP contribution >= 0.6 is 12.0 Å². The molecule has 0 radical (unpaired) electrons. The molecule has 0 amide bonds. The second-order valence-electron chi connectivity index (χ2n) is 8.30. The second kappa shape index (κ2) is 10.5. The third-order valence-corrected chi connectivity index (χ3v) is 8.37. The fourth-order valence-corrected chi connectivity index (χ4v) is 5.43. The van der Waals surface area contributed by atoms with Crippen molar-refractivity contribution < 1.29 is 22.7 Å². The van der Waals surface area contributed by atoms with E-state index in [2.05, 4.69) is 19.9 Å². The number of rotatable bonds is 8. The molecule has 2 aromatic heterocycles. The number of fused-ring (bicyclic) bond motifs is 3. The van der Waals surface area contributed by atoms with Gasteiger partial charge in [0.15, 0.2) is 0 Å². The highest BCUT2D eigenvalue weighted by Gasteiger charge is 2.17. The monoisotopic (exact) mass is 533 g/mol. The lowest BCUT2D eigenvalue weighted by molar-refractivity contribution is -0.447. The lowest BCUT2D eigenvalue weighted by Gasteiger charge is -2.13. The molecule has 3 aromatic carbocycles. The Balaban J connectivity index is 1.55. The molecule has 0 unspecified atom stereocenters. The Morgan fingerprint density at radius 3 is 1.73 bits per heavy atom. The van der Waals surface area contributed by atoms with Crippen LogP contribution < -0.4 is 0 Å². The predicted molar refractivity (Wildman–Crippen MR) is 144 cm³/mol. The third-order valence-electron chi connectivity index (χ3n) is 5.96. The Hall–Kier alpha value is -3.38. The first-order valence-electron chi connectivity index (χ1n) is 11.2. The summed E-state index contributed by atoms with van der Waals surface area (Å²) in [4.78, 5) is 14.8. The highest BCUT2D eigenvalue weighted by Crippen LogP contribution is 2.35. The molecule has 188 valence electrons. The molecule has 0 atom stereocenters. The first kappa shape index (κ1) is 25.3. The van der Waals surface area contributed by atoms with E-state index in [1.807, 2.05) is 60.7 Å². The van der Waals surface area contributed by atoms with Gasteiger partial charge in [0.05, 0.1) is 35.1 Å². The largest absolute Gasteiger partial charge is 0.254 e. The smallest absolute Gasteiger partial charge is 0.242 e. The van der Waals surface area contributed by atoms with Gasteiger partial charge < -0.3 is 0 Å². The molecular weight excluding hydrogens is 510 g/mol. The summed E-state index contributed by atoms with van der Waals surface area (Å²) in [5.74, 6) is 0. The van der Waals surface area contributed by atoms with Gasteiger partial charge in [-0.3, -0.25) is 9.97 Å². The minimum atomic E-state index is -3.50. The molecule has 0 aliphatic heterocycles. The van der Waals surface area contributed by atoms with Crippen LogP contribution in [0.15, 0.2) is 95.0 Å². The van der Waals surface area contributed by atoms with Gasteiger partial charge in [-0.2, -0.15) is 0 Å². The molecule has 0 N–H and O–H groups in total. The molecule has 0 spiro atoms. The van der Waals surface area contributed by atoms with Crippen LogP contribution in [0.1, 0.15) is 0 Å². The number of aromatic nitrogens is 2. The Morgan fingerprint density at radius 2 is 1.24 bits per heavy atom. The number of hydrogen-bond acceptors (Lipinski definition) is 8. The minimum absolute atomic E-state index is 0.249. The van der Waals surface area contributed by atoms with Crippen LogP contribution in [0.5, 0.6) is 0 Å². The summed E-state index contributed by atoms with van der Waals surface area (Å²) < 4.78 is 31.0. The molecule has 0 aliphatic rings. The van der Waals surface area contributed by atoms with Crippen LogP contribution in [0.25, 0.3) is 44.1 Å². The zero-order valence-electron chi connectivity index (χ0n) is 20.3. The quantitative estimate of drug-likeness (QED) is 0.0803. The van der Waals surface area contributed by atoms with Crippen LogP contribution in [0.3, 0.4) is 0 Å². The topological polar surface area (TPSA) is 90.8 Å². The third kappa shape index (κ3) is 4.95. The number of hydrogen-bond donors (Lipinski definition) is 0. The van der Waals surface area contributed by atoms with Crippen LogP contribution in [0, 0.1) is 0 Å². The van der Waals surface area contributed by atoms with Crippen LogP contribution in [0.2, 0.25) is 0 Å². The van der Waals surface area contributed by atoms with Gasteiger partial charge in [-0.05, 0) is 58.7 Å². The van der Waals surface area contributed by atoms with Crippen molar-refractivity contribution in [3.8, 4) is 22.3 Å². The summed E-state index contributed by atoms with van der Waals surface area (Å²) >= 11 is 1.05. The van der Waals surface area contributed by atoms with E-state index in [1.54, 1.807) is 24.5 Å². The molecule has 0 saturated carbocycles. The van der Waals surface area contributed by atoms with Gasteiger partial charge in [0.2, 0.25) is 10.0 Å². The van der Waals surface area contributed by atoms with E-state index in [9.17, 15) is 8.42 Å². The fourth-order valence-electron chi connectivity index (χ4n) is 4.12. The minimum Gasteiger partial charge on any atom is -0.254 e. The van der Waals surface area contributed by atoms with Gasteiger partial charge in [0.25, 0.3) is 0 Å². The maximum absolute atomic E-state index is 12.5. The highest BCUT2D eigenvalue weighted by molar-refractivity contribution is 7.94. The van der Waals surface area contributed by atoms with Crippen molar-refractivity contribution in [2.75, 3.05) is 21.2 Å². The van der Waals surface area contributed by atoms with E-state index in [-0.39, 0.29) is 4.90 Å². The zero-order chi connectivity index (χ0) is 26.0. The van der Waals surface area contributed by atoms with E-state index in [0.717, 1.165) is 61.0 Å². The van der Waals surface area contributed by atoms with Crippen LogP contribution in [-0.2, 0) is 24.3 Å². The van der Waals surface area contributed by atoms with Crippen molar-refractivity contribution in [2.45, 2.75) is 9.79 Å². The van der Waals surface area contributed by atoms with Crippen molar-refractivity contribution in [1.82, 2.24) is 14.3 Å². The molecule has 37 heavy (non-hydrogen) atoms. The summed E-state index contributed by atoms with van der Waals surface area (Å²) in [7, 11) is 0.912. The van der Waals surface area contributed by atoms with Gasteiger partial charge >= 0.3 is 0 Å². The van der Waals surface area contributed by atoms with Crippen molar-refractivity contribution in [3.05, 3.63) is 85.2 Å². The van der Waals surface area contributed by atoms with E-state index >= 15 is 0 Å². The molecule has 8 nitrogen and oxygen atoms in total. The van der Waals surface area contributed by atoms with E-state index in [1.165, 1.54) is 25.5 Å². The zero-order valence-corrected chi connectivity index (χ0v) is 21.9. The van der Waals surface area contributed by atoms with Crippen LogP contribution in [0.4, 0.5) is 0 Å². The molecule has 0 fully saturated rings. The average molecular weight is 534 g/mol.